The van der Waals surface area contributed by atoms with Crippen LogP contribution < -0.4 is 16.0 Å². The van der Waals surface area contributed by atoms with Crippen molar-refractivity contribution in [2.24, 2.45) is 0 Å². The summed E-state index contributed by atoms with van der Waals surface area (Å²) in [6.45, 7) is 0. The maximum Gasteiger partial charge on any atom is 0.254 e. The molecular weight excluding hydrogens is 254 g/mol. The molecule has 96 valence electrons. The minimum absolute atomic E-state index is 0.249. The van der Waals surface area contributed by atoms with Gasteiger partial charge in [-0.3, -0.25) is 19.7 Å². The molecule has 1 unspecified atom stereocenters. The van der Waals surface area contributed by atoms with E-state index in [9.17, 15) is 14.4 Å². The standard InChI is InChI=1S/C11H13N3O3S/c1-12-11-6(4-5-18-11)9(16)13-7-2-3-8(15)14-10(7)17/h4-5,7,12H,2-3H2,1H3,(H,13,16)(H,14,15,17). The lowest BCUT2D eigenvalue weighted by atomic mass is 10.1. The van der Waals surface area contributed by atoms with Crippen molar-refractivity contribution in [1.82, 2.24) is 10.6 Å². The molecule has 1 fully saturated rings. The van der Waals surface area contributed by atoms with Crippen molar-refractivity contribution in [3.05, 3.63) is 17.0 Å². The lowest BCUT2D eigenvalue weighted by molar-refractivity contribution is -0.134. The molecular formula is C11H13N3O3S. The van der Waals surface area contributed by atoms with Gasteiger partial charge in [-0.25, -0.2) is 0 Å². The molecule has 1 aliphatic rings. The van der Waals surface area contributed by atoms with Gasteiger partial charge in [0.2, 0.25) is 11.8 Å². The van der Waals surface area contributed by atoms with E-state index in [1.807, 2.05) is 0 Å². The van der Waals surface area contributed by atoms with E-state index in [0.717, 1.165) is 5.00 Å². The van der Waals surface area contributed by atoms with E-state index in [1.165, 1.54) is 11.3 Å². The van der Waals surface area contributed by atoms with Gasteiger partial charge in [-0.2, -0.15) is 0 Å². The highest BCUT2D eigenvalue weighted by Crippen LogP contribution is 2.22. The zero-order valence-corrected chi connectivity index (χ0v) is 10.6. The number of nitrogens with one attached hydrogen (secondary N) is 3. The van der Waals surface area contributed by atoms with Crippen LogP contribution in [0.15, 0.2) is 11.4 Å². The minimum atomic E-state index is -0.639. The summed E-state index contributed by atoms with van der Waals surface area (Å²) in [7, 11) is 1.73. The number of thiophene rings is 1. The van der Waals surface area contributed by atoms with E-state index >= 15 is 0 Å². The van der Waals surface area contributed by atoms with E-state index in [1.54, 1.807) is 18.5 Å². The molecule has 0 bridgehead atoms. The van der Waals surface area contributed by atoms with Crippen LogP contribution in [0.5, 0.6) is 0 Å². The van der Waals surface area contributed by atoms with Gasteiger partial charge in [0.05, 0.1) is 5.56 Å². The van der Waals surface area contributed by atoms with Gasteiger partial charge in [0.15, 0.2) is 0 Å². The third kappa shape index (κ3) is 2.51. The zero-order chi connectivity index (χ0) is 13.1. The van der Waals surface area contributed by atoms with Crippen molar-refractivity contribution in [2.45, 2.75) is 18.9 Å². The molecule has 0 radical (unpaired) electrons. The predicted molar refractivity (Wildman–Crippen MR) is 67.5 cm³/mol. The minimum Gasteiger partial charge on any atom is -0.379 e. The number of carbonyl (C=O) groups excluding carboxylic acids is 3. The summed E-state index contributed by atoms with van der Waals surface area (Å²) in [4.78, 5) is 34.5. The first-order valence-corrected chi connectivity index (χ1v) is 6.39. The molecule has 3 amide bonds. The van der Waals surface area contributed by atoms with Gasteiger partial charge in [-0.15, -0.1) is 11.3 Å². The molecule has 1 aliphatic heterocycles. The molecule has 1 atom stereocenters. The number of hydrogen-bond acceptors (Lipinski definition) is 5. The normalized spacial score (nSPS) is 19.3. The maximum absolute atomic E-state index is 12.0. The van der Waals surface area contributed by atoms with Gasteiger partial charge in [0, 0.05) is 13.5 Å². The van der Waals surface area contributed by atoms with Gasteiger partial charge >= 0.3 is 0 Å². The van der Waals surface area contributed by atoms with Crippen molar-refractivity contribution in [1.29, 1.82) is 0 Å². The van der Waals surface area contributed by atoms with E-state index < -0.39 is 11.9 Å². The highest BCUT2D eigenvalue weighted by Gasteiger charge is 2.28. The van der Waals surface area contributed by atoms with Crippen LogP contribution in [-0.2, 0) is 9.59 Å². The molecule has 18 heavy (non-hydrogen) atoms. The van der Waals surface area contributed by atoms with Crippen LogP contribution in [-0.4, -0.2) is 30.8 Å². The molecule has 3 N–H and O–H groups in total. The number of imide groups is 1. The van der Waals surface area contributed by atoms with Crippen LogP contribution >= 0.6 is 11.3 Å². The van der Waals surface area contributed by atoms with Crippen molar-refractivity contribution < 1.29 is 14.4 Å². The molecule has 1 aromatic rings. The molecule has 2 heterocycles. The predicted octanol–water partition coefficient (Wildman–Crippen LogP) is 0.325. The van der Waals surface area contributed by atoms with Crippen LogP contribution in [0.25, 0.3) is 0 Å². The maximum atomic E-state index is 12.0. The Morgan fingerprint density at radius 3 is 2.94 bits per heavy atom. The number of rotatable bonds is 3. The van der Waals surface area contributed by atoms with Crippen LogP contribution in [0.1, 0.15) is 23.2 Å². The van der Waals surface area contributed by atoms with Gasteiger partial charge in [0.25, 0.3) is 5.91 Å². The molecule has 1 aromatic heterocycles. The van der Waals surface area contributed by atoms with E-state index in [-0.39, 0.29) is 18.2 Å². The Bertz CT molecular complexity index is 497. The van der Waals surface area contributed by atoms with E-state index in [2.05, 4.69) is 16.0 Å². The first-order chi connectivity index (χ1) is 8.61. The molecule has 1 saturated heterocycles. The summed E-state index contributed by atoms with van der Waals surface area (Å²) in [6, 6.07) is 1.05. The summed E-state index contributed by atoms with van der Waals surface area (Å²) in [6.07, 6.45) is 0.592. The lowest BCUT2D eigenvalue weighted by Gasteiger charge is -2.21. The number of carbonyl (C=O) groups is 3. The van der Waals surface area contributed by atoms with Gasteiger partial charge in [0.1, 0.15) is 11.0 Å². The van der Waals surface area contributed by atoms with E-state index in [0.29, 0.717) is 12.0 Å². The quantitative estimate of drug-likeness (QED) is 0.688. The van der Waals surface area contributed by atoms with Crippen molar-refractivity contribution in [3.8, 4) is 0 Å². The summed E-state index contributed by atoms with van der Waals surface area (Å²) in [5, 5.41) is 10.3. The SMILES string of the molecule is CNc1sccc1C(=O)NC1CCC(=O)NC1=O. The lowest BCUT2D eigenvalue weighted by Crippen LogP contribution is -2.52. The second-order valence-corrected chi connectivity index (χ2v) is 4.81. The molecule has 0 saturated carbocycles. The third-order valence-corrected chi connectivity index (χ3v) is 3.61. The molecule has 2 rings (SSSR count). The Morgan fingerprint density at radius 1 is 1.50 bits per heavy atom. The fourth-order valence-corrected chi connectivity index (χ4v) is 2.49. The molecule has 0 aliphatic carbocycles. The monoisotopic (exact) mass is 267 g/mol. The Balaban J connectivity index is 2.03. The first kappa shape index (κ1) is 12.6. The number of anilines is 1. The fourth-order valence-electron chi connectivity index (χ4n) is 1.75. The summed E-state index contributed by atoms with van der Waals surface area (Å²) < 4.78 is 0. The van der Waals surface area contributed by atoms with Gasteiger partial charge < -0.3 is 10.6 Å². The average molecular weight is 267 g/mol. The zero-order valence-electron chi connectivity index (χ0n) is 9.78. The molecule has 7 heteroatoms. The number of amides is 3. The summed E-state index contributed by atoms with van der Waals surface area (Å²) >= 11 is 1.41. The van der Waals surface area contributed by atoms with Crippen LogP contribution in [0.3, 0.4) is 0 Å². The van der Waals surface area contributed by atoms with Crippen molar-refractivity contribution in [3.63, 3.8) is 0 Å². The van der Waals surface area contributed by atoms with E-state index in [4.69, 9.17) is 0 Å². The van der Waals surface area contributed by atoms with Gasteiger partial charge in [-0.1, -0.05) is 0 Å². The smallest absolute Gasteiger partial charge is 0.254 e. The third-order valence-electron chi connectivity index (χ3n) is 2.68. The molecule has 0 aromatic carbocycles. The summed E-state index contributed by atoms with van der Waals surface area (Å²) in [5.74, 6) is -1.05. The summed E-state index contributed by atoms with van der Waals surface area (Å²) in [5.41, 5.74) is 0.507. The molecule has 0 spiro atoms. The highest BCUT2D eigenvalue weighted by atomic mass is 32.1. The Hall–Kier alpha value is -1.89. The van der Waals surface area contributed by atoms with Crippen molar-refractivity contribution in [2.75, 3.05) is 12.4 Å². The number of hydrogen-bond donors (Lipinski definition) is 3. The number of piperidine rings is 1. The Morgan fingerprint density at radius 2 is 2.28 bits per heavy atom. The average Bonchev–Trinajstić information content (AvgIpc) is 2.81. The first-order valence-electron chi connectivity index (χ1n) is 5.51. The molecule has 6 nitrogen and oxygen atoms in total. The fraction of sp³-hybridized carbons (Fsp3) is 0.364. The Labute approximate surface area is 108 Å². The van der Waals surface area contributed by atoms with Crippen LogP contribution in [0, 0.1) is 0 Å². The van der Waals surface area contributed by atoms with Crippen molar-refractivity contribution >= 4 is 34.1 Å². The second-order valence-electron chi connectivity index (χ2n) is 3.89. The topological polar surface area (TPSA) is 87.3 Å². The second kappa shape index (κ2) is 5.18. The largest absolute Gasteiger partial charge is 0.379 e. The van der Waals surface area contributed by atoms with Gasteiger partial charge in [-0.05, 0) is 17.9 Å². The highest BCUT2D eigenvalue weighted by molar-refractivity contribution is 7.14. The Kier molecular flexibility index (Phi) is 3.61. The van der Waals surface area contributed by atoms with Crippen LogP contribution in [0.4, 0.5) is 5.00 Å². The van der Waals surface area contributed by atoms with Crippen LogP contribution in [0.2, 0.25) is 0 Å².